The Balaban J connectivity index is 2.07. The summed E-state index contributed by atoms with van der Waals surface area (Å²) in [5.41, 5.74) is -1.70. The summed E-state index contributed by atoms with van der Waals surface area (Å²) in [6, 6.07) is 1.24. The Kier molecular flexibility index (Phi) is 3.92. The minimum absolute atomic E-state index is 0.0497. The van der Waals surface area contributed by atoms with E-state index >= 15 is 0 Å². The van der Waals surface area contributed by atoms with Crippen molar-refractivity contribution in [2.45, 2.75) is 36.6 Å². The van der Waals surface area contributed by atoms with E-state index in [0.29, 0.717) is 12.8 Å². The van der Waals surface area contributed by atoms with Crippen LogP contribution in [0.4, 0.5) is 0 Å². The molecule has 1 aliphatic carbocycles. The number of hydrogen-bond acceptors (Lipinski definition) is 5. The van der Waals surface area contributed by atoms with Crippen molar-refractivity contribution in [1.29, 1.82) is 0 Å². The van der Waals surface area contributed by atoms with Gasteiger partial charge >= 0.3 is 5.69 Å². The van der Waals surface area contributed by atoms with Gasteiger partial charge in [-0.2, -0.15) is 0 Å². The van der Waals surface area contributed by atoms with Crippen molar-refractivity contribution in [3.63, 3.8) is 0 Å². The van der Waals surface area contributed by atoms with E-state index in [4.69, 9.17) is 0 Å². The fourth-order valence-electron chi connectivity index (χ4n) is 2.81. The summed E-state index contributed by atoms with van der Waals surface area (Å²) < 4.78 is 29.2. The number of hydrogen-bond donors (Lipinski definition) is 2. The molecule has 9 heteroatoms. The number of nitrogens with zero attached hydrogens (tertiary/aromatic N) is 2. The maximum atomic E-state index is 12.7. The first kappa shape index (κ1) is 16.6. The number of pyridine rings is 1. The average Bonchev–Trinajstić information content (AvgIpc) is 2.52. The van der Waals surface area contributed by atoms with Crippen LogP contribution in [0, 0.1) is 0 Å². The molecule has 2 heterocycles. The van der Waals surface area contributed by atoms with Crippen LogP contribution in [-0.4, -0.2) is 28.5 Å². The van der Waals surface area contributed by atoms with E-state index in [1.54, 1.807) is 0 Å². The third-order valence-electron chi connectivity index (χ3n) is 4.22. The molecule has 0 saturated carbocycles. The van der Waals surface area contributed by atoms with Crippen LogP contribution in [0.1, 0.15) is 26.2 Å². The molecule has 0 spiro atoms. The van der Waals surface area contributed by atoms with Crippen molar-refractivity contribution in [3.05, 3.63) is 45.3 Å². The number of aromatic amines is 1. The lowest BCUT2D eigenvalue weighted by atomic mass is 9.89. The molecule has 0 bridgehead atoms. The maximum absolute atomic E-state index is 12.7. The minimum Gasteiger partial charge on any atom is -0.281 e. The lowest BCUT2D eigenvalue weighted by molar-refractivity contribution is 0.381. The van der Waals surface area contributed by atoms with E-state index in [-0.39, 0.29) is 15.9 Å². The third-order valence-corrected chi connectivity index (χ3v) is 5.82. The molecule has 1 atom stereocenters. The monoisotopic (exact) mass is 350 g/mol. The Bertz CT molecular complexity index is 1050. The van der Waals surface area contributed by atoms with Gasteiger partial charge in [0.2, 0.25) is 10.0 Å². The van der Waals surface area contributed by atoms with Crippen LogP contribution in [0.2, 0.25) is 0 Å². The first-order valence-electron chi connectivity index (χ1n) is 7.50. The van der Waals surface area contributed by atoms with E-state index in [9.17, 15) is 18.0 Å². The Morgan fingerprint density at radius 3 is 2.75 bits per heavy atom. The molecule has 0 fully saturated rings. The van der Waals surface area contributed by atoms with Crippen LogP contribution in [0.25, 0.3) is 11.0 Å². The van der Waals surface area contributed by atoms with E-state index in [1.165, 1.54) is 13.1 Å². The Hall–Kier alpha value is -2.26. The first-order valence-corrected chi connectivity index (χ1v) is 8.98. The molecule has 8 nitrogen and oxygen atoms in total. The second-order valence-corrected chi connectivity index (χ2v) is 7.92. The number of H-pyrrole nitrogens is 1. The molecule has 0 unspecified atom stereocenters. The van der Waals surface area contributed by atoms with Crippen molar-refractivity contribution in [1.82, 2.24) is 19.3 Å². The van der Waals surface area contributed by atoms with Crippen molar-refractivity contribution >= 4 is 21.1 Å². The van der Waals surface area contributed by atoms with Gasteiger partial charge in [-0.1, -0.05) is 12.2 Å². The van der Waals surface area contributed by atoms with Crippen LogP contribution < -0.4 is 16.0 Å². The zero-order valence-corrected chi connectivity index (χ0v) is 14.2. The standard InChI is InChI=1S/C15H18N4O4S/c1-15(6-4-3-5-7-15)18-24(22,23)10-8-11-12(16-9-10)19(2)14(21)17-13(11)20/h3-4,8-9,18H,5-7H2,1-2H3,(H,17,20,21)/t15-/m1/s1. The SMILES string of the molecule is Cn1c(=O)[nH]c(=O)c2cc(S(=O)(=O)N[C@]3(C)CC=CCC3)cnc21. The highest BCUT2D eigenvalue weighted by Crippen LogP contribution is 2.25. The lowest BCUT2D eigenvalue weighted by Crippen LogP contribution is -2.46. The van der Waals surface area contributed by atoms with Gasteiger partial charge in [-0.05, 0) is 32.3 Å². The second-order valence-electron chi connectivity index (χ2n) is 6.24. The van der Waals surface area contributed by atoms with Crippen molar-refractivity contribution in [2.24, 2.45) is 7.05 Å². The first-order chi connectivity index (χ1) is 11.2. The molecule has 128 valence electrons. The van der Waals surface area contributed by atoms with Gasteiger partial charge in [-0.25, -0.2) is 22.9 Å². The summed E-state index contributed by atoms with van der Waals surface area (Å²) in [6.07, 6.45) is 7.22. The number of nitrogens with one attached hydrogen (secondary N) is 2. The molecule has 0 aromatic carbocycles. The van der Waals surface area contributed by atoms with Gasteiger partial charge in [-0.3, -0.25) is 14.3 Å². The zero-order valence-electron chi connectivity index (χ0n) is 13.4. The minimum atomic E-state index is -3.84. The van der Waals surface area contributed by atoms with Crippen molar-refractivity contribution < 1.29 is 8.42 Å². The molecule has 2 aromatic rings. The maximum Gasteiger partial charge on any atom is 0.329 e. The van der Waals surface area contributed by atoms with Gasteiger partial charge in [0.15, 0.2) is 0 Å². The largest absolute Gasteiger partial charge is 0.329 e. The number of aryl methyl sites for hydroxylation is 1. The van der Waals surface area contributed by atoms with Crippen molar-refractivity contribution in [3.8, 4) is 0 Å². The van der Waals surface area contributed by atoms with Crippen molar-refractivity contribution in [2.75, 3.05) is 0 Å². The molecule has 1 aliphatic rings. The number of allylic oxidation sites excluding steroid dienone is 1. The molecule has 3 rings (SSSR count). The predicted octanol–water partition coefficient (Wildman–Crippen LogP) is 0.399. The van der Waals surface area contributed by atoms with E-state index in [2.05, 4.69) is 14.7 Å². The Morgan fingerprint density at radius 2 is 2.08 bits per heavy atom. The molecule has 2 aromatic heterocycles. The highest BCUT2D eigenvalue weighted by molar-refractivity contribution is 7.89. The highest BCUT2D eigenvalue weighted by Gasteiger charge is 2.31. The summed E-state index contributed by atoms with van der Waals surface area (Å²) in [4.78, 5) is 29.6. The summed E-state index contributed by atoms with van der Waals surface area (Å²) in [5, 5.41) is 0.0497. The topological polar surface area (TPSA) is 114 Å². The fraction of sp³-hybridized carbons (Fsp3) is 0.400. The average molecular weight is 350 g/mol. The molecule has 2 N–H and O–H groups in total. The van der Waals surface area contributed by atoms with Crippen LogP contribution in [0.3, 0.4) is 0 Å². The highest BCUT2D eigenvalue weighted by atomic mass is 32.2. The fourth-order valence-corrected chi connectivity index (χ4v) is 4.22. The predicted molar refractivity (Wildman–Crippen MR) is 89.3 cm³/mol. The molecular formula is C15H18N4O4S. The van der Waals surface area contributed by atoms with Crippen LogP contribution in [-0.2, 0) is 17.1 Å². The normalized spacial score (nSPS) is 21.2. The molecule has 0 saturated heterocycles. The second kappa shape index (κ2) is 5.67. The molecule has 0 amide bonds. The molecule has 24 heavy (non-hydrogen) atoms. The molecule has 0 aliphatic heterocycles. The number of fused-ring (bicyclic) bond motifs is 1. The zero-order chi connectivity index (χ0) is 17.5. The van der Waals surface area contributed by atoms with E-state index < -0.39 is 26.8 Å². The van der Waals surface area contributed by atoms with Gasteiger partial charge in [0, 0.05) is 18.8 Å². The van der Waals surface area contributed by atoms with Gasteiger partial charge in [0.25, 0.3) is 5.56 Å². The number of rotatable bonds is 3. The number of aromatic nitrogens is 3. The van der Waals surface area contributed by atoms with Crippen LogP contribution >= 0.6 is 0 Å². The summed E-state index contributed by atoms with van der Waals surface area (Å²) >= 11 is 0. The molecule has 0 radical (unpaired) electrons. The van der Waals surface area contributed by atoms with E-state index in [0.717, 1.165) is 17.2 Å². The van der Waals surface area contributed by atoms with Gasteiger partial charge in [0.1, 0.15) is 10.5 Å². The molecular weight excluding hydrogens is 332 g/mol. The quantitative estimate of drug-likeness (QED) is 0.778. The van der Waals surface area contributed by atoms with E-state index in [1.807, 2.05) is 19.1 Å². The summed E-state index contributed by atoms with van der Waals surface area (Å²) in [6.45, 7) is 1.85. The van der Waals surface area contributed by atoms with Crippen LogP contribution in [0.5, 0.6) is 0 Å². The third kappa shape index (κ3) is 2.92. The summed E-state index contributed by atoms with van der Waals surface area (Å²) in [5.74, 6) is 0. The smallest absolute Gasteiger partial charge is 0.281 e. The summed E-state index contributed by atoms with van der Waals surface area (Å²) in [7, 11) is -2.38. The Morgan fingerprint density at radius 1 is 1.33 bits per heavy atom. The number of sulfonamides is 1. The Labute approximate surface area is 138 Å². The van der Waals surface area contributed by atoms with Gasteiger partial charge in [-0.15, -0.1) is 0 Å². The van der Waals surface area contributed by atoms with Crippen LogP contribution in [0.15, 0.2) is 38.9 Å². The van der Waals surface area contributed by atoms with Gasteiger partial charge < -0.3 is 0 Å². The lowest BCUT2D eigenvalue weighted by Gasteiger charge is -2.31. The van der Waals surface area contributed by atoms with Gasteiger partial charge in [0.05, 0.1) is 5.39 Å².